The molecule has 20 heavy (non-hydrogen) atoms. The lowest BCUT2D eigenvalue weighted by Crippen LogP contribution is -2.18. The Morgan fingerprint density at radius 1 is 1.20 bits per heavy atom. The van der Waals surface area contributed by atoms with Crippen molar-refractivity contribution in [3.63, 3.8) is 0 Å². The van der Waals surface area contributed by atoms with Crippen LogP contribution in [0.1, 0.15) is 17.2 Å². The molecule has 1 unspecified atom stereocenters. The Morgan fingerprint density at radius 3 is 2.55 bits per heavy atom. The van der Waals surface area contributed by atoms with Crippen molar-refractivity contribution in [1.29, 1.82) is 0 Å². The first-order chi connectivity index (χ1) is 9.72. The zero-order valence-electron chi connectivity index (χ0n) is 11.7. The second-order valence-electron chi connectivity index (χ2n) is 4.21. The normalized spacial score (nSPS) is 12.0. The molecule has 0 radical (unpaired) electrons. The molecule has 0 saturated carbocycles. The fraction of sp³-hybridized carbons (Fsp3) is 0.267. The maximum Gasteiger partial charge on any atom is 0.141 e. The largest absolute Gasteiger partial charge is 0.495 e. The number of rotatable bonds is 5. The lowest BCUT2D eigenvalue weighted by Gasteiger charge is -2.21. The van der Waals surface area contributed by atoms with Crippen molar-refractivity contribution in [2.24, 2.45) is 0 Å². The van der Waals surface area contributed by atoms with Crippen LogP contribution in [0.15, 0.2) is 41.1 Å². The zero-order chi connectivity index (χ0) is 14.5. The van der Waals surface area contributed by atoms with E-state index in [4.69, 9.17) is 9.47 Å². The van der Waals surface area contributed by atoms with Crippen molar-refractivity contribution < 1.29 is 9.47 Å². The molecule has 1 N–H and O–H groups in total. The standard InChI is InChI=1S/C15H17BrN2O2/c1-17-14(10-5-4-8-18-9-10)11-6-7-12(19-2)13(16)15(11)20-3/h4-9,14,17H,1-3H3. The van der Waals surface area contributed by atoms with Gasteiger partial charge in [-0.3, -0.25) is 4.98 Å². The Morgan fingerprint density at radius 2 is 2.00 bits per heavy atom. The molecule has 1 aromatic heterocycles. The number of hydrogen-bond acceptors (Lipinski definition) is 4. The van der Waals surface area contributed by atoms with Crippen LogP contribution in [-0.4, -0.2) is 26.3 Å². The fourth-order valence-corrected chi connectivity index (χ4v) is 2.88. The van der Waals surface area contributed by atoms with Crippen LogP contribution in [0.2, 0.25) is 0 Å². The third-order valence-corrected chi connectivity index (χ3v) is 3.88. The smallest absolute Gasteiger partial charge is 0.141 e. The predicted octanol–water partition coefficient (Wildman–Crippen LogP) is 3.17. The van der Waals surface area contributed by atoms with Crippen LogP contribution in [0.25, 0.3) is 0 Å². The van der Waals surface area contributed by atoms with Gasteiger partial charge in [-0.25, -0.2) is 0 Å². The molecule has 2 aromatic rings. The molecule has 0 spiro atoms. The maximum absolute atomic E-state index is 5.54. The van der Waals surface area contributed by atoms with E-state index < -0.39 is 0 Å². The van der Waals surface area contributed by atoms with E-state index in [1.807, 2.05) is 37.5 Å². The van der Waals surface area contributed by atoms with E-state index in [1.54, 1.807) is 20.4 Å². The minimum Gasteiger partial charge on any atom is -0.495 e. The fourth-order valence-electron chi connectivity index (χ4n) is 2.19. The SMILES string of the molecule is CNC(c1cccnc1)c1ccc(OC)c(Br)c1OC. The summed E-state index contributed by atoms with van der Waals surface area (Å²) in [5, 5.41) is 3.29. The monoisotopic (exact) mass is 336 g/mol. The highest BCUT2D eigenvalue weighted by molar-refractivity contribution is 9.10. The Kier molecular flexibility index (Phi) is 4.98. The van der Waals surface area contributed by atoms with Gasteiger partial charge in [-0.15, -0.1) is 0 Å². The summed E-state index contributed by atoms with van der Waals surface area (Å²) in [4.78, 5) is 4.17. The first kappa shape index (κ1) is 14.8. The van der Waals surface area contributed by atoms with Gasteiger partial charge in [0.05, 0.1) is 20.3 Å². The molecule has 1 heterocycles. The van der Waals surface area contributed by atoms with E-state index >= 15 is 0 Å². The molecule has 0 saturated heterocycles. The molecule has 0 aliphatic carbocycles. The molecule has 1 atom stereocenters. The second-order valence-corrected chi connectivity index (χ2v) is 5.01. The van der Waals surface area contributed by atoms with E-state index in [0.717, 1.165) is 27.1 Å². The zero-order valence-corrected chi connectivity index (χ0v) is 13.3. The lowest BCUT2D eigenvalue weighted by molar-refractivity contribution is 0.383. The van der Waals surface area contributed by atoms with E-state index in [1.165, 1.54) is 0 Å². The molecule has 1 aromatic carbocycles. The van der Waals surface area contributed by atoms with Gasteiger partial charge in [0.15, 0.2) is 0 Å². The molecule has 0 amide bonds. The number of halogens is 1. The van der Waals surface area contributed by atoms with Crippen molar-refractivity contribution in [3.8, 4) is 11.5 Å². The van der Waals surface area contributed by atoms with Gasteiger partial charge in [-0.2, -0.15) is 0 Å². The summed E-state index contributed by atoms with van der Waals surface area (Å²) in [5.41, 5.74) is 2.10. The van der Waals surface area contributed by atoms with Crippen LogP contribution < -0.4 is 14.8 Å². The van der Waals surface area contributed by atoms with Gasteiger partial charge in [0.1, 0.15) is 16.0 Å². The van der Waals surface area contributed by atoms with Crippen LogP contribution in [0.4, 0.5) is 0 Å². The highest BCUT2D eigenvalue weighted by atomic mass is 79.9. The first-order valence-electron chi connectivity index (χ1n) is 6.20. The molecule has 106 valence electrons. The molecular formula is C15H17BrN2O2. The van der Waals surface area contributed by atoms with Crippen LogP contribution in [0.3, 0.4) is 0 Å². The van der Waals surface area contributed by atoms with Crippen molar-refractivity contribution in [3.05, 3.63) is 52.3 Å². The number of nitrogens with one attached hydrogen (secondary N) is 1. The third kappa shape index (κ3) is 2.78. The average molecular weight is 337 g/mol. The van der Waals surface area contributed by atoms with Crippen molar-refractivity contribution in [1.82, 2.24) is 10.3 Å². The lowest BCUT2D eigenvalue weighted by atomic mass is 9.99. The summed E-state index contributed by atoms with van der Waals surface area (Å²) in [6.07, 6.45) is 3.61. The van der Waals surface area contributed by atoms with E-state index in [2.05, 4.69) is 26.2 Å². The Labute approximate surface area is 127 Å². The van der Waals surface area contributed by atoms with Gasteiger partial charge >= 0.3 is 0 Å². The van der Waals surface area contributed by atoms with Crippen LogP contribution >= 0.6 is 15.9 Å². The molecule has 2 rings (SSSR count). The Bertz CT molecular complexity index is 576. The van der Waals surface area contributed by atoms with Gasteiger partial charge in [-0.05, 0) is 46.7 Å². The number of hydrogen-bond donors (Lipinski definition) is 1. The second kappa shape index (κ2) is 6.72. The molecule has 5 heteroatoms. The Balaban J connectivity index is 2.53. The summed E-state index contributed by atoms with van der Waals surface area (Å²) in [6, 6.07) is 7.87. The molecule has 0 bridgehead atoms. The Hall–Kier alpha value is -1.59. The number of pyridine rings is 1. The highest BCUT2D eigenvalue weighted by Gasteiger charge is 2.20. The van der Waals surface area contributed by atoms with Crippen molar-refractivity contribution in [2.75, 3.05) is 21.3 Å². The minimum absolute atomic E-state index is 0.000793. The molecule has 0 aliphatic rings. The van der Waals surface area contributed by atoms with Gasteiger partial charge < -0.3 is 14.8 Å². The van der Waals surface area contributed by atoms with Crippen LogP contribution in [0, 0.1) is 0 Å². The van der Waals surface area contributed by atoms with E-state index in [0.29, 0.717) is 0 Å². The quantitative estimate of drug-likeness (QED) is 0.910. The summed E-state index contributed by atoms with van der Waals surface area (Å²) < 4.78 is 11.6. The topological polar surface area (TPSA) is 43.4 Å². The predicted molar refractivity (Wildman–Crippen MR) is 82.4 cm³/mol. The maximum atomic E-state index is 5.54. The molecule has 0 fully saturated rings. The van der Waals surface area contributed by atoms with Gasteiger partial charge in [0.25, 0.3) is 0 Å². The first-order valence-corrected chi connectivity index (χ1v) is 6.99. The summed E-state index contributed by atoms with van der Waals surface area (Å²) >= 11 is 3.53. The molecular weight excluding hydrogens is 320 g/mol. The number of benzene rings is 1. The van der Waals surface area contributed by atoms with Gasteiger partial charge in [0, 0.05) is 18.0 Å². The summed E-state index contributed by atoms with van der Waals surface area (Å²) in [5.74, 6) is 1.50. The molecule has 0 aliphatic heterocycles. The van der Waals surface area contributed by atoms with E-state index in [9.17, 15) is 0 Å². The van der Waals surface area contributed by atoms with Crippen LogP contribution in [0.5, 0.6) is 11.5 Å². The summed E-state index contributed by atoms with van der Waals surface area (Å²) in [7, 11) is 5.20. The van der Waals surface area contributed by atoms with E-state index in [-0.39, 0.29) is 6.04 Å². The average Bonchev–Trinajstić information content (AvgIpc) is 2.49. The number of nitrogens with zero attached hydrogens (tertiary/aromatic N) is 1. The highest BCUT2D eigenvalue weighted by Crippen LogP contribution is 2.40. The minimum atomic E-state index is 0.000793. The van der Waals surface area contributed by atoms with Gasteiger partial charge in [0.2, 0.25) is 0 Å². The number of methoxy groups -OCH3 is 2. The van der Waals surface area contributed by atoms with Crippen LogP contribution in [-0.2, 0) is 0 Å². The third-order valence-electron chi connectivity index (χ3n) is 3.13. The summed E-state index contributed by atoms with van der Waals surface area (Å²) in [6.45, 7) is 0. The van der Waals surface area contributed by atoms with Crippen molar-refractivity contribution >= 4 is 15.9 Å². The van der Waals surface area contributed by atoms with Gasteiger partial charge in [-0.1, -0.05) is 6.07 Å². The number of aromatic nitrogens is 1. The number of ether oxygens (including phenoxy) is 2. The van der Waals surface area contributed by atoms with Crippen molar-refractivity contribution in [2.45, 2.75) is 6.04 Å². The molecule has 4 nitrogen and oxygen atoms in total.